The molecule has 3 nitrogen and oxygen atoms in total. The van der Waals surface area contributed by atoms with Gasteiger partial charge in [0.05, 0.1) is 23.4 Å². The Morgan fingerprint density at radius 1 is 1.57 bits per heavy atom. The number of nitrogen functional groups attached to an aromatic ring is 1. The van der Waals surface area contributed by atoms with Crippen molar-refractivity contribution in [1.29, 1.82) is 0 Å². The van der Waals surface area contributed by atoms with Crippen LogP contribution in [-0.4, -0.2) is 13.1 Å². The van der Waals surface area contributed by atoms with E-state index in [1.54, 1.807) is 0 Å². The number of halogens is 3. The van der Waals surface area contributed by atoms with E-state index in [4.69, 9.17) is 17.3 Å². The minimum Gasteiger partial charge on any atom is -0.465 e. The molecule has 0 bridgehead atoms. The number of benzene rings is 1. The van der Waals surface area contributed by atoms with Gasteiger partial charge < -0.3 is 10.5 Å². The molecule has 0 aliphatic carbocycles. The van der Waals surface area contributed by atoms with E-state index >= 15 is 0 Å². The second-order valence-electron chi connectivity index (χ2n) is 2.35. The lowest BCUT2D eigenvalue weighted by Gasteiger charge is -2.03. The maximum Gasteiger partial charge on any atom is 0.339 e. The molecule has 0 spiro atoms. The highest BCUT2D eigenvalue weighted by Gasteiger charge is 2.13. The Kier molecular flexibility index (Phi) is 4.67. The first-order valence-electron chi connectivity index (χ1n) is 3.39. The second kappa shape index (κ2) is 5.02. The minimum atomic E-state index is -0.691. The van der Waals surface area contributed by atoms with Crippen molar-refractivity contribution >= 4 is 35.7 Å². The zero-order valence-electron chi connectivity index (χ0n) is 7.21. The first kappa shape index (κ1) is 13.0. The summed E-state index contributed by atoms with van der Waals surface area (Å²) in [5.74, 6) is -1.38. The van der Waals surface area contributed by atoms with Gasteiger partial charge in [-0.15, -0.1) is 12.4 Å². The van der Waals surface area contributed by atoms with Crippen LogP contribution in [0.25, 0.3) is 0 Å². The highest BCUT2D eigenvalue weighted by molar-refractivity contribution is 6.33. The highest BCUT2D eigenvalue weighted by atomic mass is 35.5. The van der Waals surface area contributed by atoms with E-state index in [0.717, 1.165) is 6.07 Å². The molecule has 0 atom stereocenters. The Bertz CT molecular complexity index is 357. The van der Waals surface area contributed by atoms with E-state index in [9.17, 15) is 9.18 Å². The Morgan fingerprint density at radius 3 is 2.64 bits per heavy atom. The molecule has 0 aromatic heterocycles. The molecule has 0 saturated carbocycles. The first-order valence-corrected chi connectivity index (χ1v) is 3.77. The van der Waals surface area contributed by atoms with Crippen LogP contribution < -0.4 is 5.73 Å². The van der Waals surface area contributed by atoms with Gasteiger partial charge in [0.2, 0.25) is 0 Å². The molecule has 1 rings (SSSR count). The molecule has 2 N–H and O–H groups in total. The van der Waals surface area contributed by atoms with Gasteiger partial charge in [-0.1, -0.05) is 11.6 Å². The third kappa shape index (κ3) is 2.49. The van der Waals surface area contributed by atoms with Crippen LogP contribution in [0.4, 0.5) is 10.1 Å². The quantitative estimate of drug-likeness (QED) is 0.605. The topological polar surface area (TPSA) is 52.3 Å². The molecular weight excluding hydrogens is 232 g/mol. The zero-order chi connectivity index (χ0) is 10.0. The number of nitrogens with two attached hydrogens (primary N) is 1. The number of hydrogen-bond donors (Lipinski definition) is 1. The summed E-state index contributed by atoms with van der Waals surface area (Å²) in [6.07, 6.45) is 0. The maximum atomic E-state index is 12.9. The summed E-state index contributed by atoms with van der Waals surface area (Å²) in [5, 5.41) is 0.0748. The van der Waals surface area contributed by atoms with Crippen LogP contribution >= 0.6 is 24.0 Å². The fourth-order valence-electron chi connectivity index (χ4n) is 0.829. The second-order valence-corrected chi connectivity index (χ2v) is 2.75. The van der Waals surface area contributed by atoms with Crippen molar-refractivity contribution < 1.29 is 13.9 Å². The van der Waals surface area contributed by atoms with Gasteiger partial charge in [-0.05, 0) is 12.1 Å². The van der Waals surface area contributed by atoms with E-state index in [1.165, 1.54) is 13.2 Å². The predicted octanol–water partition coefficient (Wildman–Crippen LogP) is 2.27. The molecule has 14 heavy (non-hydrogen) atoms. The van der Waals surface area contributed by atoms with Crippen LogP contribution in [0.15, 0.2) is 12.1 Å². The van der Waals surface area contributed by atoms with Crippen molar-refractivity contribution in [3.8, 4) is 0 Å². The van der Waals surface area contributed by atoms with Crippen LogP contribution in [0.3, 0.4) is 0 Å². The molecule has 0 aliphatic heterocycles. The minimum absolute atomic E-state index is 0. The van der Waals surface area contributed by atoms with Gasteiger partial charge in [-0.25, -0.2) is 9.18 Å². The smallest absolute Gasteiger partial charge is 0.339 e. The summed E-state index contributed by atoms with van der Waals surface area (Å²) in [6.45, 7) is 0. The van der Waals surface area contributed by atoms with Crippen LogP contribution in [-0.2, 0) is 4.74 Å². The summed E-state index contributed by atoms with van der Waals surface area (Å²) in [6, 6.07) is 2.12. The van der Waals surface area contributed by atoms with Gasteiger partial charge in [-0.2, -0.15) is 0 Å². The number of carbonyl (C=O) groups is 1. The Morgan fingerprint density at radius 2 is 2.14 bits per heavy atom. The molecular formula is C8H8Cl2FNO2. The van der Waals surface area contributed by atoms with Gasteiger partial charge in [0, 0.05) is 0 Å². The van der Waals surface area contributed by atoms with E-state index < -0.39 is 11.8 Å². The summed E-state index contributed by atoms with van der Waals surface area (Å²) in [4.78, 5) is 11.0. The lowest BCUT2D eigenvalue weighted by molar-refractivity contribution is 0.0600. The fraction of sp³-hybridized carbons (Fsp3) is 0.125. The molecule has 0 fully saturated rings. The van der Waals surface area contributed by atoms with Gasteiger partial charge >= 0.3 is 5.97 Å². The molecule has 0 radical (unpaired) electrons. The van der Waals surface area contributed by atoms with Crippen molar-refractivity contribution in [2.75, 3.05) is 12.8 Å². The normalized spacial score (nSPS) is 9.07. The number of carbonyl (C=O) groups excluding carboxylic acids is 1. The molecule has 1 aromatic rings. The summed E-state index contributed by atoms with van der Waals surface area (Å²) in [5.41, 5.74) is 5.09. The maximum absolute atomic E-state index is 12.9. The van der Waals surface area contributed by atoms with Crippen molar-refractivity contribution in [2.45, 2.75) is 0 Å². The standard InChI is InChI=1S/C8H7ClFNO2.ClH/c1-13-8(12)4-2-6(10)7(11)3-5(4)9;/h2-3H,11H2,1H3;1H. The number of methoxy groups -OCH3 is 1. The number of anilines is 1. The molecule has 0 unspecified atom stereocenters. The molecule has 0 heterocycles. The monoisotopic (exact) mass is 239 g/mol. The van der Waals surface area contributed by atoms with E-state index in [0.29, 0.717) is 0 Å². The van der Waals surface area contributed by atoms with E-state index in [1.807, 2.05) is 0 Å². The van der Waals surface area contributed by atoms with Crippen LogP contribution in [0, 0.1) is 5.82 Å². The number of ether oxygens (including phenoxy) is 1. The van der Waals surface area contributed by atoms with Gasteiger partial charge in [0.1, 0.15) is 5.82 Å². The van der Waals surface area contributed by atoms with Crippen molar-refractivity contribution in [2.24, 2.45) is 0 Å². The Labute approximate surface area is 91.4 Å². The molecule has 1 aromatic carbocycles. The molecule has 78 valence electrons. The SMILES string of the molecule is COC(=O)c1cc(F)c(N)cc1Cl.Cl. The van der Waals surface area contributed by atoms with Crippen LogP contribution in [0.1, 0.15) is 10.4 Å². The molecule has 0 aliphatic rings. The van der Waals surface area contributed by atoms with Crippen molar-refractivity contribution in [3.63, 3.8) is 0 Å². The molecule has 0 amide bonds. The number of esters is 1. The summed E-state index contributed by atoms with van der Waals surface area (Å²) < 4.78 is 17.2. The third-order valence-electron chi connectivity index (χ3n) is 1.49. The molecule has 0 saturated heterocycles. The Balaban J connectivity index is 0.00000169. The first-order chi connectivity index (χ1) is 6.06. The van der Waals surface area contributed by atoms with Crippen LogP contribution in [0.2, 0.25) is 5.02 Å². The lowest BCUT2D eigenvalue weighted by Crippen LogP contribution is -2.04. The van der Waals surface area contributed by atoms with Crippen LogP contribution in [0.5, 0.6) is 0 Å². The van der Waals surface area contributed by atoms with Gasteiger partial charge in [0.15, 0.2) is 0 Å². The molecule has 6 heteroatoms. The number of hydrogen-bond acceptors (Lipinski definition) is 3. The largest absolute Gasteiger partial charge is 0.465 e. The van der Waals surface area contributed by atoms with Gasteiger partial charge in [-0.3, -0.25) is 0 Å². The summed E-state index contributed by atoms with van der Waals surface area (Å²) >= 11 is 5.63. The zero-order valence-corrected chi connectivity index (χ0v) is 8.79. The van der Waals surface area contributed by atoms with Crippen molar-refractivity contribution in [1.82, 2.24) is 0 Å². The third-order valence-corrected chi connectivity index (χ3v) is 1.80. The van der Waals surface area contributed by atoms with Crippen molar-refractivity contribution in [3.05, 3.63) is 28.5 Å². The predicted molar refractivity (Wildman–Crippen MR) is 54.4 cm³/mol. The van der Waals surface area contributed by atoms with E-state index in [2.05, 4.69) is 4.74 Å². The summed E-state index contributed by atoms with van der Waals surface area (Å²) in [7, 11) is 1.19. The fourth-order valence-corrected chi connectivity index (χ4v) is 1.08. The highest BCUT2D eigenvalue weighted by Crippen LogP contribution is 2.22. The lowest BCUT2D eigenvalue weighted by atomic mass is 10.2. The number of rotatable bonds is 1. The van der Waals surface area contributed by atoms with E-state index in [-0.39, 0.29) is 28.7 Å². The average molecular weight is 240 g/mol. The Hall–Kier alpha value is -1.00. The van der Waals surface area contributed by atoms with Gasteiger partial charge in [0.25, 0.3) is 0 Å². The average Bonchev–Trinajstić information content (AvgIpc) is 2.10.